The van der Waals surface area contributed by atoms with Gasteiger partial charge in [-0.05, 0) is 36.8 Å². The highest BCUT2D eigenvalue weighted by atomic mass is 16.5. The molecule has 0 aliphatic heterocycles. The Labute approximate surface area is 96.2 Å². The lowest BCUT2D eigenvalue weighted by molar-refractivity contribution is 0.337. The van der Waals surface area contributed by atoms with Gasteiger partial charge in [0.25, 0.3) is 0 Å². The molecule has 1 heterocycles. The number of pyridine rings is 1. The summed E-state index contributed by atoms with van der Waals surface area (Å²) in [4.78, 5) is 4.19. The van der Waals surface area contributed by atoms with Gasteiger partial charge >= 0.3 is 0 Å². The Hall–Kier alpha value is -1.13. The minimum Gasteiger partial charge on any atom is -0.492 e. The van der Waals surface area contributed by atoms with Gasteiger partial charge in [-0.25, -0.2) is 0 Å². The van der Waals surface area contributed by atoms with Crippen LogP contribution in [0.1, 0.15) is 31.9 Å². The van der Waals surface area contributed by atoms with E-state index in [1.165, 1.54) is 6.42 Å². The topological polar surface area (TPSA) is 60.2 Å². The maximum atomic E-state index is 5.61. The molecule has 0 spiro atoms. The standard InChI is InChI=1S/C12H19N3O/c1-3-16-10-5-9(6-14-7-10)12(15-13)11-4-8(11)2/h5-8,11-12,15H,3-4,13H2,1-2H3. The van der Waals surface area contributed by atoms with Gasteiger partial charge in [-0.15, -0.1) is 0 Å². The second-order valence-electron chi connectivity index (χ2n) is 4.41. The molecule has 1 saturated carbocycles. The van der Waals surface area contributed by atoms with E-state index >= 15 is 0 Å². The highest BCUT2D eigenvalue weighted by Gasteiger charge is 2.39. The van der Waals surface area contributed by atoms with Gasteiger partial charge in [0.05, 0.1) is 18.8 Å². The summed E-state index contributed by atoms with van der Waals surface area (Å²) >= 11 is 0. The summed E-state index contributed by atoms with van der Waals surface area (Å²) in [6, 6.07) is 2.22. The molecular formula is C12H19N3O. The van der Waals surface area contributed by atoms with Crippen LogP contribution in [0.5, 0.6) is 5.75 Å². The highest BCUT2D eigenvalue weighted by Crippen LogP contribution is 2.46. The zero-order valence-corrected chi connectivity index (χ0v) is 9.81. The summed E-state index contributed by atoms with van der Waals surface area (Å²) in [6.45, 7) is 4.87. The molecule has 4 nitrogen and oxygen atoms in total. The maximum Gasteiger partial charge on any atom is 0.137 e. The summed E-state index contributed by atoms with van der Waals surface area (Å²) in [6.07, 6.45) is 4.82. The van der Waals surface area contributed by atoms with Crippen molar-refractivity contribution >= 4 is 0 Å². The quantitative estimate of drug-likeness (QED) is 0.586. The lowest BCUT2D eigenvalue weighted by atomic mass is 10.0. The third-order valence-electron chi connectivity index (χ3n) is 3.18. The van der Waals surface area contributed by atoms with Gasteiger partial charge in [0, 0.05) is 6.20 Å². The number of hydrazine groups is 1. The molecule has 0 amide bonds. The molecule has 4 heteroatoms. The van der Waals surface area contributed by atoms with Crippen molar-refractivity contribution in [1.29, 1.82) is 0 Å². The molecule has 1 aromatic heterocycles. The lowest BCUT2D eigenvalue weighted by Gasteiger charge is -2.16. The van der Waals surface area contributed by atoms with E-state index in [2.05, 4.69) is 17.3 Å². The zero-order valence-electron chi connectivity index (χ0n) is 9.81. The van der Waals surface area contributed by atoms with Crippen molar-refractivity contribution in [2.24, 2.45) is 17.7 Å². The monoisotopic (exact) mass is 221 g/mol. The normalized spacial score (nSPS) is 25.2. The van der Waals surface area contributed by atoms with Crippen LogP contribution >= 0.6 is 0 Å². The SMILES string of the molecule is CCOc1cncc(C(NN)C2CC2C)c1. The molecular weight excluding hydrogens is 202 g/mol. The third-order valence-corrected chi connectivity index (χ3v) is 3.18. The van der Waals surface area contributed by atoms with Gasteiger partial charge in [0.2, 0.25) is 0 Å². The smallest absolute Gasteiger partial charge is 0.137 e. The summed E-state index contributed by atoms with van der Waals surface area (Å²) < 4.78 is 5.44. The van der Waals surface area contributed by atoms with E-state index in [-0.39, 0.29) is 6.04 Å². The Morgan fingerprint density at radius 3 is 2.94 bits per heavy atom. The summed E-state index contributed by atoms with van der Waals surface area (Å²) in [5.41, 5.74) is 4.00. The zero-order chi connectivity index (χ0) is 11.5. The van der Waals surface area contributed by atoms with E-state index in [0.717, 1.165) is 17.2 Å². The fraction of sp³-hybridized carbons (Fsp3) is 0.583. The Bertz CT molecular complexity index is 356. The molecule has 0 aromatic carbocycles. The van der Waals surface area contributed by atoms with Crippen LogP contribution in [0.25, 0.3) is 0 Å². The largest absolute Gasteiger partial charge is 0.492 e. The van der Waals surface area contributed by atoms with Crippen LogP contribution in [0, 0.1) is 11.8 Å². The maximum absolute atomic E-state index is 5.61. The molecule has 3 atom stereocenters. The number of aromatic nitrogens is 1. The Kier molecular flexibility index (Phi) is 3.41. The van der Waals surface area contributed by atoms with Gasteiger partial charge in [-0.3, -0.25) is 16.3 Å². The van der Waals surface area contributed by atoms with Crippen LogP contribution in [0.15, 0.2) is 18.5 Å². The molecule has 1 aromatic rings. The van der Waals surface area contributed by atoms with E-state index in [1.807, 2.05) is 19.2 Å². The fourth-order valence-electron chi connectivity index (χ4n) is 2.13. The van der Waals surface area contributed by atoms with Gasteiger partial charge in [-0.2, -0.15) is 0 Å². The van der Waals surface area contributed by atoms with E-state index < -0.39 is 0 Å². The first kappa shape index (κ1) is 11.4. The first-order valence-electron chi connectivity index (χ1n) is 5.80. The molecule has 0 radical (unpaired) electrons. The molecule has 3 N–H and O–H groups in total. The lowest BCUT2D eigenvalue weighted by Crippen LogP contribution is -2.30. The summed E-state index contributed by atoms with van der Waals surface area (Å²) in [5, 5.41) is 0. The average molecular weight is 221 g/mol. The Balaban J connectivity index is 2.14. The predicted molar refractivity (Wildman–Crippen MR) is 62.7 cm³/mol. The summed E-state index contributed by atoms with van der Waals surface area (Å²) in [7, 11) is 0. The molecule has 1 fully saturated rings. The van der Waals surface area contributed by atoms with Gasteiger partial charge in [0.1, 0.15) is 5.75 Å². The highest BCUT2D eigenvalue weighted by molar-refractivity contribution is 5.27. The van der Waals surface area contributed by atoms with Crippen molar-refractivity contribution in [3.05, 3.63) is 24.0 Å². The van der Waals surface area contributed by atoms with Crippen LogP contribution in [-0.2, 0) is 0 Å². The van der Waals surface area contributed by atoms with E-state index in [0.29, 0.717) is 12.5 Å². The van der Waals surface area contributed by atoms with Crippen molar-refractivity contribution in [3.63, 3.8) is 0 Å². The van der Waals surface area contributed by atoms with E-state index in [4.69, 9.17) is 10.6 Å². The molecule has 16 heavy (non-hydrogen) atoms. The number of rotatable bonds is 5. The number of nitrogens with two attached hydrogens (primary N) is 1. The number of hydrogen-bond acceptors (Lipinski definition) is 4. The predicted octanol–water partition coefficient (Wildman–Crippen LogP) is 1.64. The van der Waals surface area contributed by atoms with Gasteiger partial charge < -0.3 is 4.74 Å². The van der Waals surface area contributed by atoms with Crippen molar-refractivity contribution in [2.45, 2.75) is 26.3 Å². The molecule has 0 bridgehead atoms. The molecule has 1 aliphatic rings. The summed E-state index contributed by atoms with van der Waals surface area (Å²) in [5.74, 6) is 7.80. The van der Waals surface area contributed by atoms with Crippen molar-refractivity contribution in [1.82, 2.24) is 10.4 Å². The molecule has 1 aliphatic carbocycles. The second-order valence-corrected chi connectivity index (χ2v) is 4.41. The van der Waals surface area contributed by atoms with Crippen LogP contribution in [0.4, 0.5) is 0 Å². The Morgan fingerprint density at radius 1 is 1.62 bits per heavy atom. The Morgan fingerprint density at radius 2 is 2.38 bits per heavy atom. The van der Waals surface area contributed by atoms with E-state index in [1.54, 1.807) is 6.20 Å². The minimum atomic E-state index is 0.197. The molecule has 88 valence electrons. The average Bonchev–Trinajstić information content (AvgIpc) is 2.98. The first-order chi connectivity index (χ1) is 7.76. The third kappa shape index (κ3) is 2.33. The number of nitrogens with one attached hydrogen (secondary N) is 1. The molecule has 2 rings (SSSR count). The van der Waals surface area contributed by atoms with Crippen molar-refractivity contribution < 1.29 is 4.74 Å². The van der Waals surface area contributed by atoms with Crippen LogP contribution in [-0.4, -0.2) is 11.6 Å². The van der Waals surface area contributed by atoms with Crippen molar-refractivity contribution in [3.8, 4) is 5.75 Å². The van der Waals surface area contributed by atoms with Crippen molar-refractivity contribution in [2.75, 3.05) is 6.61 Å². The molecule has 0 saturated heterocycles. The van der Waals surface area contributed by atoms with Gasteiger partial charge in [-0.1, -0.05) is 6.92 Å². The molecule has 3 unspecified atom stereocenters. The minimum absolute atomic E-state index is 0.197. The van der Waals surface area contributed by atoms with E-state index in [9.17, 15) is 0 Å². The van der Waals surface area contributed by atoms with Gasteiger partial charge in [0.15, 0.2) is 0 Å². The van der Waals surface area contributed by atoms with Crippen LogP contribution < -0.4 is 16.0 Å². The number of nitrogens with zero attached hydrogens (tertiary/aromatic N) is 1. The number of hydrogen-bond donors (Lipinski definition) is 2. The van der Waals surface area contributed by atoms with Crippen LogP contribution in [0.2, 0.25) is 0 Å². The second kappa shape index (κ2) is 4.80. The first-order valence-corrected chi connectivity index (χ1v) is 5.80. The fourth-order valence-corrected chi connectivity index (χ4v) is 2.13. The van der Waals surface area contributed by atoms with Crippen LogP contribution in [0.3, 0.4) is 0 Å². The number of ether oxygens (including phenoxy) is 1.